The molecule has 132 valence electrons. The van der Waals surface area contributed by atoms with Crippen LogP contribution < -0.4 is 5.73 Å². The molecule has 1 saturated heterocycles. The van der Waals surface area contributed by atoms with E-state index >= 15 is 0 Å². The van der Waals surface area contributed by atoms with Gasteiger partial charge in [-0.2, -0.15) is 13.2 Å². The number of hydrogen-bond donors (Lipinski definition) is 1. The van der Waals surface area contributed by atoms with Crippen LogP contribution in [0.15, 0.2) is 24.3 Å². The Kier molecular flexibility index (Phi) is 5.51. The Morgan fingerprint density at radius 1 is 1.21 bits per heavy atom. The molecule has 1 aromatic rings. The van der Waals surface area contributed by atoms with Crippen molar-refractivity contribution in [1.82, 2.24) is 4.90 Å². The van der Waals surface area contributed by atoms with Crippen molar-refractivity contribution in [2.75, 3.05) is 13.1 Å². The first kappa shape index (κ1) is 18.3. The molecule has 1 aliphatic heterocycles. The van der Waals surface area contributed by atoms with Crippen LogP contribution in [0.2, 0.25) is 0 Å². The number of nitrogens with zero attached hydrogens (tertiary/aromatic N) is 1. The highest BCUT2D eigenvalue weighted by molar-refractivity contribution is 5.79. The second-order valence-corrected chi connectivity index (χ2v) is 6.28. The number of primary amides is 1. The van der Waals surface area contributed by atoms with E-state index in [9.17, 15) is 22.8 Å². The fourth-order valence-electron chi connectivity index (χ4n) is 2.92. The van der Waals surface area contributed by atoms with Crippen LogP contribution >= 0.6 is 0 Å². The summed E-state index contributed by atoms with van der Waals surface area (Å²) in [6, 6.07) is 4.91. The summed E-state index contributed by atoms with van der Waals surface area (Å²) in [5.74, 6) is -0.736. The van der Waals surface area contributed by atoms with Gasteiger partial charge in [0.2, 0.25) is 11.8 Å². The molecular weight excluding hydrogens is 321 g/mol. The third-order valence-electron chi connectivity index (χ3n) is 4.54. The molecule has 1 aromatic carbocycles. The molecule has 4 nitrogen and oxygen atoms in total. The summed E-state index contributed by atoms with van der Waals surface area (Å²) in [7, 11) is 0. The standard InChI is InChI=1S/C17H21F3N2O2/c1-11(12-2-4-14(5-3-12)17(18,19)20)10-15(23)22-8-6-13(7-9-22)16(21)24/h2-5,11,13H,6-10H2,1H3,(H2,21,24)/t11-/m1/s1. The molecule has 2 rings (SSSR count). The van der Waals surface area contributed by atoms with Gasteiger partial charge in [0.15, 0.2) is 0 Å². The number of halogens is 3. The lowest BCUT2D eigenvalue weighted by Gasteiger charge is -2.31. The molecule has 0 saturated carbocycles. The number of alkyl halides is 3. The zero-order chi connectivity index (χ0) is 17.9. The first-order valence-electron chi connectivity index (χ1n) is 7.92. The quantitative estimate of drug-likeness (QED) is 0.914. The van der Waals surface area contributed by atoms with Gasteiger partial charge in [0.05, 0.1) is 5.56 Å². The van der Waals surface area contributed by atoms with Crippen molar-refractivity contribution in [2.24, 2.45) is 11.7 Å². The molecular formula is C17H21F3N2O2. The molecule has 24 heavy (non-hydrogen) atoms. The zero-order valence-corrected chi connectivity index (χ0v) is 13.5. The molecule has 0 bridgehead atoms. The lowest BCUT2D eigenvalue weighted by Crippen LogP contribution is -2.42. The topological polar surface area (TPSA) is 63.4 Å². The largest absolute Gasteiger partial charge is 0.416 e. The van der Waals surface area contributed by atoms with Gasteiger partial charge in [0.1, 0.15) is 0 Å². The van der Waals surface area contributed by atoms with E-state index in [1.54, 1.807) is 4.90 Å². The summed E-state index contributed by atoms with van der Waals surface area (Å²) < 4.78 is 37.7. The van der Waals surface area contributed by atoms with Gasteiger partial charge in [0, 0.05) is 25.4 Å². The van der Waals surface area contributed by atoms with Crippen LogP contribution in [0.3, 0.4) is 0 Å². The number of hydrogen-bond acceptors (Lipinski definition) is 2. The van der Waals surface area contributed by atoms with Crippen molar-refractivity contribution in [3.8, 4) is 0 Å². The maximum atomic E-state index is 12.6. The van der Waals surface area contributed by atoms with Gasteiger partial charge in [-0.3, -0.25) is 9.59 Å². The van der Waals surface area contributed by atoms with Gasteiger partial charge in [-0.05, 0) is 36.5 Å². The van der Waals surface area contributed by atoms with Crippen molar-refractivity contribution in [1.29, 1.82) is 0 Å². The van der Waals surface area contributed by atoms with Crippen molar-refractivity contribution < 1.29 is 22.8 Å². The lowest BCUT2D eigenvalue weighted by molar-refractivity contribution is -0.137. The van der Waals surface area contributed by atoms with E-state index in [0.29, 0.717) is 31.5 Å². The number of carbonyl (C=O) groups excluding carboxylic acids is 2. The highest BCUT2D eigenvalue weighted by Crippen LogP contribution is 2.31. The van der Waals surface area contributed by atoms with E-state index in [-0.39, 0.29) is 30.1 Å². The summed E-state index contributed by atoms with van der Waals surface area (Å²) >= 11 is 0. The fraction of sp³-hybridized carbons (Fsp3) is 0.529. The van der Waals surface area contributed by atoms with Gasteiger partial charge in [-0.1, -0.05) is 19.1 Å². The summed E-state index contributed by atoms with van der Waals surface area (Å²) in [5, 5.41) is 0. The maximum absolute atomic E-state index is 12.6. The molecule has 1 fully saturated rings. The minimum atomic E-state index is -4.36. The normalized spacial score (nSPS) is 17.6. The summed E-state index contributed by atoms with van der Waals surface area (Å²) in [6.45, 7) is 2.80. The van der Waals surface area contributed by atoms with Gasteiger partial charge < -0.3 is 10.6 Å². The average Bonchev–Trinajstić information content (AvgIpc) is 2.54. The van der Waals surface area contributed by atoms with Crippen LogP contribution in [0, 0.1) is 5.92 Å². The van der Waals surface area contributed by atoms with Crippen molar-refractivity contribution in [3.05, 3.63) is 35.4 Å². The second-order valence-electron chi connectivity index (χ2n) is 6.28. The van der Waals surface area contributed by atoms with E-state index in [2.05, 4.69) is 0 Å². The fourth-order valence-corrected chi connectivity index (χ4v) is 2.92. The Bertz CT molecular complexity index is 591. The molecule has 7 heteroatoms. The Labute approximate surface area is 138 Å². The molecule has 0 radical (unpaired) electrons. The van der Waals surface area contributed by atoms with E-state index < -0.39 is 11.7 Å². The van der Waals surface area contributed by atoms with Crippen LogP contribution in [-0.4, -0.2) is 29.8 Å². The van der Waals surface area contributed by atoms with E-state index in [4.69, 9.17) is 5.73 Å². The Morgan fingerprint density at radius 3 is 2.21 bits per heavy atom. The number of amides is 2. The van der Waals surface area contributed by atoms with Crippen LogP contribution in [0.25, 0.3) is 0 Å². The minimum absolute atomic E-state index is 0.0506. The summed E-state index contributed by atoms with van der Waals surface area (Å²) in [6.07, 6.45) is -3.00. The average molecular weight is 342 g/mol. The molecule has 0 unspecified atom stereocenters. The number of rotatable bonds is 4. The Morgan fingerprint density at radius 2 is 1.75 bits per heavy atom. The molecule has 1 atom stereocenters. The van der Waals surface area contributed by atoms with Gasteiger partial charge in [-0.15, -0.1) is 0 Å². The smallest absolute Gasteiger partial charge is 0.369 e. The van der Waals surface area contributed by atoms with Gasteiger partial charge in [0.25, 0.3) is 0 Å². The number of nitrogens with two attached hydrogens (primary N) is 1. The lowest BCUT2D eigenvalue weighted by atomic mass is 9.93. The van der Waals surface area contributed by atoms with Crippen LogP contribution in [0.4, 0.5) is 13.2 Å². The number of likely N-dealkylation sites (tertiary alicyclic amines) is 1. The molecule has 2 N–H and O–H groups in total. The highest BCUT2D eigenvalue weighted by atomic mass is 19.4. The molecule has 1 heterocycles. The second kappa shape index (κ2) is 7.23. The predicted octanol–water partition coefficient (Wildman–Crippen LogP) is 2.92. The van der Waals surface area contributed by atoms with Gasteiger partial charge >= 0.3 is 6.18 Å². The van der Waals surface area contributed by atoms with Crippen molar-refractivity contribution in [3.63, 3.8) is 0 Å². The SMILES string of the molecule is C[C@H](CC(=O)N1CCC(C(N)=O)CC1)c1ccc(C(F)(F)F)cc1. The van der Waals surface area contributed by atoms with E-state index in [1.165, 1.54) is 12.1 Å². The third-order valence-corrected chi connectivity index (χ3v) is 4.54. The molecule has 0 spiro atoms. The number of carbonyl (C=O) groups is 2. The van der Waals surface area contributed by atoms with Crippen molar-refractivity contribution in [2.45, 2.75) is 38.3 Å². The third kappa shape index (κ3) is 4.49. The first-order chi connectivity index (χ1) is 11.2. The van der Waals surface area contributed by atoms with E-state index in [0.717, 1.165) is 12.1 Å². The van der Waals surface area contributed by atoms with Crippen LogP contribution in [0.1, 0.15) is 43.2 Å². The molecule has 0 aliphatic carbocycles. The zero-order valence-electron chi connectivity index (χ0n) is 13.5. The monoisotopic (exact) mass is 342 g/mol. The van der Waals surface area contributed by atoms with Gasteiger partial charge in [-0.25, -0.2) is 0 Å². The summed E-state index contributed by atoms with van der Waals surface area (Å²) in [4.78, 5) is 25.1. The highest BCUT2D eigenvalue weighted by Gasteiger charge is 2.30. The number of benzene rings is 1. The Hall–Kier alpha value is -2.05. The molecule has 0 aromatic heterocycles. The summed E-state index contributed by atoms with van der Waals surface area (Å²) in [5.41, 5.74) is 5.27. The first-order valence-corrected chi connectivity index (χ1v) is 7.92. The van der Waals surface area contributed by atoms with E-state index in [1.807, 2.05) is 6.92 Å². The molecule has 2 amide bonds. The van der Waals surface area contributed by atoms with Crippen LogP contribution in [-0.2, 0) is 15.8 Å². The predicted molar refractivity (Wildman–Crippen MR) is 83.0 cm³/mol. The maximum Gasteiger partial charge on any atom is 0.416 e. The molecule has 1 aliphatic rings. The Balaban J connectivity index is 1.91. The van der Waals surface area contributed by atoms with Crippen LogP contribution in [0.5, 0.6) is 0 Å². The number of piperidine rings is 1. The minimum Gasteiger partial charge on any atom is -0.369 e. The van der Waals surface area contributed by atoms with Crippen molar-refractivity contribution >= 4 is 11.8 Å².